The van der Waals surface area contributed by atoms with Gasteiger partial charge in [-0.05, 0) is 56.7 Å². The number of rotatable bonds is 2. The van der Waals surface area contributed by atoms with Crippen LogP contribution in [0.1, 0.15) is 42.5 Å². The molecule has 0 radical (unpaired) electrons. The number of benzene rings is 1. The van der Waals surface area contributed by atoms with E-state index in [2.05, 4.69) is 15.2 Å². The van der Waals surface area contributed by atoms with Gasteiger partial charge in [0.1, 0.15) is 17.0 Å². The largest absolute Gasteiger partial charge is 0.507 e. The molecule has 26 heavy (non-hydrogen) atoms. The molecular formula is C19H19ClN4O2. The number of imidazole rings is 1. The van der Waals surface area contributed by atoms with Crippen molar-refractivity contribution in [3.63, 3.8) is 0 Å². The van der Waals surface area contributed by atoms with Crippen molar-refractivity contribution in [1.82, 2.24) is 19.7 Å². The van der Waals surface area contributed by atoms with Gasteiger partial charge < -0.3 is 14.8 Å². The molecule has 0 spiro atoms. The van der Waals surface area contributed by atoms with Crippen LogP contribution in [0, 0.1) is 6.92 Å². The number of fused-ring (bicyclic) bond motifs is 2. The van der Waals surface area contributed by atoms with Gasteiger partial charge in [-0.3, -0.25) is 0 Å². The molecule has 1 saturated carbocycles. The van der Waals surface area contributed by atoms with Gasteiger partial charge in [0.25, 0.3) is 0 Å². The van der Waals surface area contributed by atoms with Crippen molar-refractivity contribution in [1.29, 1.82) is 0 Å². The zero-order valence-corrected chi connectivity index (χ0v) is 15.4. The first kappa shape index (κ1) is 16.0. The second kappa shape index (κ2) is 5.18. The molecule has 0 amide bonds. The van der Waals surface area contributed by atoms with Crippen LogP contribution < -0.4 is 0 Å². The fraction of sp³-hybridized carbons (Fsp3) is 0.421. The van der Waals surface area contributed by atoms with Crippen molar-refractivity contribution < 1.29 is 10.2 Å². The van der Waals surface area contributed by atoms with E-state index < -0.39 is 5.60 Å². The smallest absolute Gasteiger partial charge is 0.183 e. The Hall–Kier alpha value is -2.18. The lowest BCUT2D eigenvalue weighted by atomic mass is 9.77. The number of nitrogens with zero attached hydrogens (tertiary/aromatic N) is 4. The lowest BCUT2D eigenvalue weighted by molar-refractivity contribution is -0.0499. The van der Waals surface area contributed by atoms with Crippen LogP contribution in [0.25, 0.3) is 22.4 Å². The average Bonchev–Trinajstić information content (AvgIpc) is 2.93. The van der Waals surface area contributed by atoms with Crippen LogP contribution in [0.3, 0.4) is 0 Å². The first-order chi connectivity index (χ1) is 12.4. The summed E-state index contributed by atoms with van der Waals surface area (Å²) in [5, 5.41) is 30.1. The van der Waals surface area contributed by atoms with Gasteiger partial charge in [-0.25, -0.2) is 4.98 Å². The lowest BCUT2D eigenvalue weighted by Gasteiger charge is -2.41. The summed E-state index contributed by atoms with van der Waals surface area (Å²) < 4.78 is 1.99. The van der Waals surface area contributed by atoms with Crippen molar-refractivity contribution in [2.45, 2.75) is 51.2 Å². The molecule has 0 atom stereocenters. The van der Waals surface area contributed by atoms with Crippen LogP contribution in [0.4, 0.5) is 0 Å². The second-order valence-electron chi connectivity index (χ2n) is 7.77. The van der Waals surface area contributed by atoms with Gasteiger partial charge in [0.2, 0.25) is 0 Å². The fourth-order valence-electron chi connectivity index (χ4n) is 4.20. The van der Waals surface area contributed by atoms with Gasteiger partial charge in [0, 0.05) is 22.2 Å². The molecule has 2 N–H and O–H groups in total. The fourth-order valence-corrected chi connectivity index (χ4v) is 4.52. The van der Waals surface area contributed by atoms with Crippen LogP contribution >= 0.6 is 11.6 Å². The minimum Gasteiger partial charge on any atom is -0.507 e. The molecule has 2 aliphatic carbocycles. The molecular weight excluding hydrogens is 352 g/mol. The second-order valence-corrected chi connectivity index (χ2v) is 8.18. The van der Waals surface area contributed by atoms with E-state index in [-0.39, 0.29) is 11.8 Å². The summed E-state index contributed by atoms with van der Waals surface area (Å²) >= 11 is 6.36. The van der Waals surface area contributed by atoms with Gasteiger partial charge in [-0.1, -0.05) is 11.6 Å². The molecule has 134 valence electrons. The van der Waals surface area contributed by atoms with E-state index in [4.69, 9.17) is 11.6 Å². The van der Waals surface area contributed by atoms with Crippen LogP contribution in [0.2, 0.25) is 5.02 Å². The van der Waals surface area contributed by atoms with E-state index in [0.29, 0.717) is 34.8 Å². The highest BCUT2D eigenvalue weighted by Crippen LogP contribution is 2.45. The summed E-state index contributed by atoms with van der Waals surface area (Å²) in [4.78, 5) is 4.53. The van der Waals surface area contributed by atoms with Gasteiger partial charge in [-0.15, -0.1) is 10.2 Å². The number of phenols is 1. The van der Waals surface area contributed by atoms with E-state index in [1.807, 2.05) is 18.4 Å². The Kier molecular flexibility index (Phi) is 3.19. The van der Waals surface area contributed by atoms with Crippen LogP contribution in [0.15, 0.2) is 12.4 Å². The Morgan fingerprint density at radius 1 is 1.23 bits per heavy atom. The lowest BCUT2D eigenvalue weighted by Crippen LogP contribution is -2.41. The maximum atomic E-state index is 10.6. The highest BCUT2D eigenvalue weighted by Gasteiger charge is 2.40. The highest BCUT2D eigenvalue weighted by atomic mass is 35.5. The average molecular weight is 371 g/mol. The Morgan fingerprint density at radius 3 is 2.62 bits per heavy atom. The zero-order chi connectivity index (χ0) is 18.2. The summed E-state index contributed by atoms with van der Waals surface area (Å²) in [6.45, 7) is 3.78. The monoisotopic (exact) mass is 370 g/mol. The quantitative estimate of drug-likeness (QED) is 0.722. The molecule has 2 heterocycles. The van der Waals surface area contributed by atoms with E-state index in [9.17, 15) is 10.2 Å². The number of phenolic OH excluding ortho intramolecular Hbond substituents is 1. The molecule has 5 rings (SSSR count). The Labute approximate surface area is 155 Å². The zero-order valence-electron chi connectivity index (χ0n) is 14.6. The number of aromatic nitrogens is 4. The Morgan fingerprint density at radius 2 is 1.96 bits per heavy atom. The first-order valence-corrected chi connectivity index (χ1v) is 9.19. The molecule has 0 aliphatic heterocycles. The minimum atomic E-state index is -0.613. The molecule has 0 bridgehead atoms. The minimum absolute atomic E-state index is 0.189. The molecule has 0 unspecified atom stereocenters. The predicted molar refractivity (Wildman–Crippen MR) is 98.5 cm³/mol. The van der Waals surface area contributed by atoms with E-state index in [1.54, 1.807) is 12.4 Å². The third-order valence-corrected chi connectivity index (χ3v) is 6.15. The van der Waals surface area contributed by atoms with Gasteiger partial charge in [0.15, 0.2) is 5.65 Å². The van der Waals surface area contributed by atoms with Crippen molar-refractivity contribution in [3.05, 3.63) is 34.1 Å². The third-order valence-electron chi connectivity index (χ3n) is 5.81. The number of aliphatic hydroxyl groups is 1. The topological polar surface area (TPSA) is 84.1 Å². The van der Waals surface area contributed by atoms with Crippen molar-refractivity contribution >= 4 is 22.8 Å². The normalized spacial score (nSPS) is 24.2. The van der Waals surface area contributed by atoms with Crippen LogP contribution in [-0.2, 0) is 12.8 Å². The SMILES string of the molecule is Cc1c(-c2cc(Cl)c3c(c2O)CC3)nnc2c1ncn2C1CC(C)(O)C1. The number of hydrogen-bond acceptors (Lipinski definition) is 5. The molecule has 7 heteroatoms. The van der Waals surface area contributed by atoms with E-state index in [0.717, 1.165) is 35.0 Å². The highest BCUT2D eigenvalue weighted by molar-refractivity contribution is 6.32. The van der Waals surface area contributed by atoms with E-state index >= 15 is 0 Å². The molecule has 1 fully saturated rings. The number of hydrogen-bond donors (Lipinski definition) is 2. The maximum Gasteiger partial charge on any atom is 0.183 e. The maximum absolute atomic E-state index is 10.6. The summed E-state index contributed by atoms with van der Waals surface area (Å²) in [5.41, 5.74) is 4.89. The number of aryl methyl sites for hydroxylation is 1. The van der Waals surface area contributed by atoms with Gasteiger partial charge >= 0.3 is 0 Å². The molecule has 2 aromatic heterocycles. The molecule has 2 aliphatic rings. The number of aromatic hydroxyl groups is 1. The Bertz CT molecular complexity index is 1070. The third kappa shape index (κ3) is 2.12. The van der Waals surface area contributed by atoms with Crippen LogP contribution in [0.5, 0.6) is 5.75 Å². The summed E-state index contributed by atoms with van der Waals surface area (Å²) in [6, 6.07) is 1.96. The van der Waals surface area contributed by atoms with Crippen molar-refractivity contribution in [3.8, 4) is 17.0 Å². The molecule has 0 saturated heterocycles. The summed E-state index contributed by atoms with van der Waals surface area (Å²) in [7, 11) is 0. The summed E-state index contributed by atoms with van der Waals surface area (Å²) in [6.07, 6.45) is 4.87. The van der Waals surface area contributed by atoms with Gasteiger partial charge in [-0.2, -0.15) is 0 Å². The van der Waals surface area contributed by atoms with Crippen LogP contribution in [-0.4, -0.2) is 35.6 Å². The van der Waals surface area contributed by atoms with Crippen molar-refractivity contribution in [2.24, 2.45) is 0 Å². The number of halogens is 1. The molecule has 6 nitrogen and oxygen atoms in total. The molecule has 3 aromatic rings. The predicted octanol–water partition coefficient (Wildman–Crippen LogP) is 3.35. The van der Waals surface area contributed by atoms with Gasteiger partial charge in [0.05, 0.1) is 11.9 Å². The van der Waals surface area contributed by atoms with Crippen molar-refractivity contribution in [2.75, 3.05) is 0 Å². The molecule has 1 aromatic carbocycles. The standard InChI is InChI=1S/C19H19ClN4O2/c1-9-15(13-5-14(20)11-3-4-12(11)17(13)25)22-23-18-16(9)21-8-24(18)10-6-19(2,26)7-10/h5,8,10,25-26H,3-4,6-7H2,1-2H3. The van der Waals surface area contributed by atoms with E-state index in [1.165, 1.54) is 0 Å². The first-order valence-electron chi connectivity index (χ1n) is 8.81. The Balaban J connectivity index is 1.62. The summed E-state index contributed by atoms with van der Waals surface area (Å²) in [5.74, 6) is 0.252.